The summed E-state index contributed by atoms with van der Waals surface area (Å²) in [5.74, 6) is 0.712. The summed E-state index contributed by atoms with van der Waals surface area (Å²) in [5.41, 5.74) is 2.76. The molecule has 0 unspecified atom stereocenters. The highest BCUT2D eigenvalue weighted by atomic mass is 32.2. The van der Waals surface area contributed by atoms with Gasteiger partial charge in [0.05, 0.1) is 23.2 Å². The highest BCUT2D eigenvalue weighted by molar-refractivity contribution is 8.18. The van der Waals surface area contributed by atoms with Crippen molar-refractivity contribution < 1.29 is 9.53 Å². The number of hydrogen-bond acceptors (Lipinski definition) is 4. The van der Waals surface area contributed by atoms with Gasteiger partial charge < -0.3 is 4.74 Å². The molecule has 1 atom stereocenters. The number of para-hydroxylation sites is 2. The van der Waals surface area contributed by atoms with Crippen molar-refractivity contribution in [3.63, 3.8) is 0 Å². The standard InChI is InChI=1S/C26H24N2O2S/c1-3-30-23-17-11-10-14-21(23)18-24-25(29)28(19(2)20-12-6-4-7-13-20)26(31-24)27-22-15-8-5-9-16-22/h4-19H,3H2,1-2H3/b24-18+,27-26?/t19-/m1/s1. The first-order chi connectivity index (χ1) is 15.2. The van der Waals surface area contributed by atoms with Gasteiger partial charge in [0.2, 0.25) is 0 Å². The Kier molecular flexibility index (Phi) is 6.53. The van der Waals surface area contributed by atoms with Crippen LogP contribution in [0, 0.1) is 0 Å². The predicted molar refractivity (Wildman–Crippen MR) is 128 cm³/mol. The van der Waals surface area contributed by atoms with Crippen LogP contribution in [0.25, 0.3) is 6.08 Å². The highest BCUT2D eigenvalue weighted by Gasteiger charge is 2.37. The van der Waals surface area contributed by atoms with Gasteiger partial charge in [0.15, 0.2) is 5.17 Å². The van der Waals surface area contributed by atoms with E-state index >= 15 is 0 Å². The van der Waals surface area contributed by atoms with Crippen LogP contribution in [0.15, 0.2) is 94.8 Å². The van der Waals surface area contributed by atoms with Crippen LogP contribution in [0.4, 0.5) is 5.69 Å². The highest BCUT2D eigenvalue weighted by Crippen LogP contribution is 2.39. The van der Waals surface area contributed by atoms with Crippen molar-refractivity contribution in [1.82, 2.24) is 4.90 Å². The summed E-state index contributed by atoms with van der Waals surface area (Å²) >= 11 is 1.40. The molecule has 0 aliphatic carbocycles. The number of benzene rings is 3. The van der Waals surface area contributed by atoms with E-state index in [4.69, 9.17) is 9.73 Å². The Morgan fingerprint density at radius 1 is 0.968 bits per heavy atom. The minimum Gasteiger partial charge on any atom is -0.493 e. The summed E-state index contributed by atoms with van der Waals surface area (Å²) in [6, 6.07) is 27.4. The van der Waals surface area contributed by atoms with Crippen molar-refractivity contribution in [2.24, 2.45) is 4.99 Å². The molecule has 1 fully saturated rings. The first kappa shape index (κ1) is 20.9. The number of hydrogen-bond donors (Lipinski definition) is 0. The van der Waals surface area contributed by atoms with Crippen LogP contribution in [-0.2, 0) is 4.79 Å². The molecule has 156 valence electrons. The molecule has 0 spiro atoms. The van der Waals surface area contributed by atoms with E-state index in [0.717, 1.165) is 22.6 Å². The summed E-state index contributed by atoms with van der Waals surface area (Å²) in [6.45, 7) is 4.55. The van der Waals surface area contributed by atoms with Gasteiger partial charge >= 0.3 is 0 Å². The molecular weight excluding hydrogens is 404 g/mol. The van der Waals surface area contributed by atoms with Gasteiger partial charge in [-0.05, 0) is 55.4 Å². The third kappa shape index (κ3) is 4.72. The summed E-state index contributed by atoms with van der Waals surface area (Å²) in [4.78, 5) is 20.7. The summed E-state index contributed by atoms with van der Waals surface area (Å²) in [7, 11) is 0. The van der Waals surface area contributed by atoms with E-state index in [-0.39, 0.29) is 11.9 Å². The number of rotatable bonds is 6. The first-order valence-electron chi connectivity index (χ1n) is 10.3. The lowest BCUT2D eigenvalue weighted by atomic mass is 10.1. The third-order valence-electron chi connectivity index (χ3n) is 4.99. The Labute approximate surface area is 187 Å². The second-order valence-electron chi connectivity index (χ2n) is 7.07. The van der Waals surface area contributed by atoms with E-state index in [1.807, 2.05) is 105 Å². The van der Waals surface area contributed by atoms with Gasteiger partial charge in [0.25, 0.3) is 5.91 Å². The Morgan fingerprint density at radius 2 is 1.61 bits per heavy atom. The number of amidine groups is 1. The largest absolute Gasteiger partial charge is 0.493 e. The molecule has 5 heteroatoms. The molecular formula is C26H24N2O2S. The zero-order valence-electron chi connectivity index (χ0n) is 17.6. The number of aliphatic imine (C=N–C) groups is 1. The molecule has 3 aromatic carbocycles. The molecule has 31 heavy (non-hydrogen) atoms. The van der Waals surface area contributed by atoms with Crippen LogP contribution in [0.3, 0.4) is 0 Å². The number of nitrogens with zero attached hydrogens (tertiary/aromatic N) is 2. The molecule has 1 amide bonds. The zero-order chi connectivity index (χ0) is 21.6. The fourth-order valence-electron chi connectivity index (χ4n) is 3.43. The first-order valence-corrected chi connectivity index (χ1v) is 11.1. The van der Waals surface area contributed by atoms with Crippen LogP contribution in [0.2, 0.25) is 0 Å². The van der Waals surface area contributed by atoms with E-state index < -0.39 is 0 Å². The zero-order valence-corrected chi connectivity index (χ0v) is 18.4. The number of ether oxygens (including phenoxy) is 1. The van der Waals surface area contributed by atoms with Gasteiger partial charge in [-0.25, -0.2) is 4.99 Å². The lowest BCUT2D eigenvalue weighted by molar-refractivity contribution is -0.123. The van der Waals surface area contributed by atoms with Crippen LogP contribution in [0.1, 0.15) is 31.0 Å². The number of amides is 1. The monoisotopic (exact) mass is 428 g/mol. The lowest BCUT2D eigenvalue weighted by Gasteiger charge is -2.24. The Morgan fingerprint density at radius 3 is 2.32 bits per heavy atom. The van der Waals surface area contributed by atoms with E-state index in [9.17, 15) is 4.79 Å². The quantitative estimate of drug-likeness (QED) is 0.424. The molecule has 4 rings (SSSR count). The SMILES string of the molecule is CCOc1ccccc1/C=C1/SC(=Nc2ccccc2)N([C@H](C)c2ccccc2)C1=O. The second-order valence-corrected chi connectivity index (χ2v) is 8.08. The molecule has 0 saturated carbocycles. The van der Waals surface area contributed by atoms with Gasteiger partial charge in [-0.1, -0.05) is 66.7 Å². The molecule has 0 aromatic heterocycles. The van der Waals surface area contributed by atoms with E-state index in [2.05, 4.69) is 0 Å². The Balaban J connectivity index is 1.75. The average Bonchev–Trinajstić information content (AvgIpc) is 3.10. The van der Waals surface area contributed by atoms with Gasteiger partial charge in [-0.2, -0.15) is 0 Å². The number of carbonyl (C=O) groups excluding carboxylic acids is 1. The van der Waals surface area contributed by atoms with Crippen LogP contribution >= 0.6 is 11.8 Å². The Bertz CT molecular complexity index is 1110. The van der Waals surface area contributed by atoms with Crippen LogP contribution in [0.5, 0.6) is 5.75 Å². The van der Waals surface area contributed by atoms with E-state index in [1.165, 1.54) is 11.8 Å². The minimum absolute atomic E-state index is 0.0534. The lowest BCUT2D eigenvalue weighted by Crippen LogP contribution is -2.32. The fourth-order valence-corrected chi connectivity index (χ4v) is 4.49. The average molecular weight is 429 g/mol. The van der Waals surface area contributed by atoms with Crippen molar-refractivity contribution in [1.29, 1.82) is 0 Å². The molecule has 1 heterocycles. The van der Waals surface area contributed by atoms with Crippen LogP contribution < -0.4 is 4.74 Å². The molecule has 1 saturated heterocycles. The topological polar surface area (TPSA) is 41.9 Å². The maximum absolute atomic E-state index is 13.5. The smallest absolute Gasteiger partial charge is 0.267 e. The van der Waals surface area contributed by atoms with E-state index in [0.29, 0.717) is 16.7 Å². The van der Waals surface area contributed by atoms with Crippen molar-refractivity contribution in [3.8, 4) is 5.75 Å². The minimum atomic E-state index is -0.142. The van der Waals surface area contributed by atoms with Crippen molar-refractivity contribution in [2.45, 2.75) is 19.9 Å². The Hall–Kier alpha value is -3.31. The second kappa shape index (κ2) is 9.67. The molecule has 0 bridgehead atoms. The predicted octanol–water partition coefficient (Wildman–Crippen LogP) is 6.45. The van der Waals surface area contributed by atoms with Crippen molar-refractivity contribution in [3.05, 3.63) is 101 Å². The molecule has 0 N–H and O–H groups in total. The maximum atomic E-state index is 13.5. The summed E-state index contributed by atoms with van der Waals surface area (Å²) < 4.78 is 5.74. The normalized spacial score (nSPS) is 17.4. The maximum Gasteiger partial charge on any atom is 0.267 e. The van der Waals surface area contributed by atoms with Crippen LogP contribution in [-0.4, -0.2) is 22.6 Å². The fraction of sp³-hybridized carbons (Fsp3) is 0.154. The van der Waals surface area contributed by atoms with Crippen molar-refractivity contribution >= 4 is 34.6 Å². The molecule has 1 aliphatic heterocycles. The summed E-state index contributed by atoms with van der Waals surface area (Å²) in [5, 5.41) is 0.674. The number of thioether (sulfide) groups is 1. The van der Waals surface area contributed by atoms with Gasteiger partial charge in [-0.15, -0.1) is 0 Å². The van der Waals surface area contributed by atoms with E-state index in [1.54, 1.807) is 4.90 Å². The summed E-state index contributed by atoms with van der Waals surface area (Å²) in [6.07, 6.45) is 1.90. The van der Waals surface area contributed by atoms with Gasteiger partial charge in [-0.3, -0.25) is 9.69 Å². The van der Waals surface area contributed by atoms with Gasteiger partial charge in [0, 0.05) is 5.56 Å². The molecule has 4 nitrogen and oxygen atoms in total. The van der Waals surface area contributed by atoms with Gasteiger partial charge in [0.1, 0.15) is 5.75 Å². The van der Waals surface area contributed by atoms with Crippen molar-refractivity contribution in [2.75, 3.05) is 6.61 Å². The molecule has 1 aliphatic rings. The molecule has 0 radical (unpaired) electrons. The molecule has 3 aromatic rings. The third-order valence-corrected chi connectivity index (χ3v) is 5.98. The number of carbonyl (C=O) groups is 1.